The maximum absolute atomic E-state index is 9.37. The standard InChI is InChI=1S/C6H5.C4H9.C3H6O2.Ca/c1-2-4-6-5-3-1;1-3-4-2;1-2-3(4)5;/h1-5H;1,3-4H2,2H3;2H2,1H3,(H,4,5);/q2*-1;;+2. The summed E-state index contributed by atoms with van der Waals surface area (Å²) in [6, 6.07) is 12.5. The Morgan fingerprint density at radius 1 is 1.25 bits per heavy atom. The van der Waals surface area contributed by atoms with Gasteiger partial charge in [0, 0.05) is 6.42 Å². The van der Waals surface area contributed by atoms with E-state index in [1.807, 2.05) is 30.3 Å². The SMILES string of the molecule is CCC(=O)O.[CH2-]CCC.[Ca+2].[c-]1ccccc1. The zero-order chi connectivity index (χ0) is 11.9. The molecule has 86 valence electrons. The second-order valence-corrected chi connectivity index (χ2v) is 2.68. The molecule has 0 aliphatic heterocycles. The molecular formula is C13H20CaO2. The molecule has 16 heavy (non-hydrogen) atoms. The molecule has 1 rings (SSSR count). The minimum atomic E-state index is -0.745. The van der Waals surface area contributed by atoms with Crippen molar-refractivity contribution < 1.29 is 9.90 Å². The van der Waals surface area contributed by atoms with Crippen LogP contribution in [0.5, 0.6) is 0 Å². The Morgan fingerprint density at radius 3 is 1.69 bits per heavy atom. The van der Waals surface area contributed by atoms with Gasteiger partial charge in [0.2, 0.25) is 0 Å². The number of carboxylic acids is 1. The van der Waals surface area contributed by atoms with E-state index in [0.717, 1.165) is 6.42 Å². The van der Waals surface area contributed by atoms with Gasteiger partial charge in [0.25, 0.3) is 0 Å². The monoisotopic (exact) mass is 248 g/mol. The van der Waals surface area contributed by atoms with E-state index in [2.05, 4.69) is 19.9 Å². The topological polar surface area (TPSA) is 37.3 Å². The van der Waals surface area contributed by atoms with Crippen LogP contribution in [0.25, 0.3) is 0 Å². The normalized spacial score (nSPS) is 7.19. The van der Waals surface area contributed by atoms with Gasteiger partial charge < -0.3 is 12.0 Å². The van der Waals surface area contributed by atoms with Gasteiger partial charge >= 0.3 is 43.7 Å². The van der Waals surface area contributed by atoms with Gasteiger partial charge in [-0.15, -0.1) is 0 Å². The molecule has 3 heteroatoms. The molecule has 0 saturated heterocycles. The van der Waals surface area contributed by atoms with Crippen LogP contribution >= 0.6 is 0 Å². The first-order chi connectivity index (χ1) is 7.18. The van der Waals surface area contributed by atoms with E-state index >= 15 is 0 Å². The van der Waals surface area contributed by atoms with Gasteiger partial charge in [-0.25, -0.2) is 0 Å². The Bertz CT molecular complexity index is 184. The van der Waals surface area contributed by atoms with Crippen LogP contribution < -0.4 is 0 Å². The number of rotatable bonds is 2. The third-order valence-electron chi connectivity index (χ3n) is 1.26. The largest absolute Gasteiger partial charge is 2.00 e. The van der Waals surface area contributed by atoms with E-state index in [-0.39, 0.29) is 44.2 Å². The Labute approximate surface area is 129 Å². The van der Waals surface area contributed by atoms with E-state index in [0.29, 0.717) is 0 Å². The van der Waals surface area contributed by atoms with Crippen LogP contribution in [0, 0.1) is 13.0 Å². The summed E-state index contributed by atoms with van der Waals surface area (Å²) in [7, 11) is 0. The molecule has 0 aromatic heterocycles. The van der Waals surface area contributed by atoms with Crippen molar-refractivity contribution in [3.8, 4) is 0 Å². The minimum Gasteiger partial charge on any atom is -0.481 e. The fraction of sp³-hybridized carbons (Fsp3) is 0.385. The van der Waals surface area contributed by atoms with Gasteiger partial charge in [0.1, 0.15) is 0 Å². The van der Waals surface area contributed by atoms with Crippen molar-refractivity contribution >= 4 is 43.7 Å². The van der Waals surface area contributed by atoms with E-state index in [1.54, 1.807) is 6.92 Å². The summed E-state index contributed by atoms with van der Waals surface area (Å²) in [6.07, 6.45) is 2.50. The van der Waals surface area contributed by atoms with Gasteiger partial charge in [0.05, 0.1) is 0 Å². The predicted molar refractivity (Wildman–Crippen MR) is 69.2 cm³/mol. The maximum Gasteiger partial charge on any atom is 2.00 e. The average molecular weight is 248 g/mol. The molecule has 2 nitrogen and oxygen atoms in total. The third kappa shape index (κ3) is 29.2. The molecule has 0 unspecified atom stereocenters. The Hall–Kier alpha value is -0.0503. The summed E-state index contributed by atoms with van der Waals surface area (Å²) >= 11 is 0. The summed E-state index contributed by atoms with van der Waals surface area (Å²) < 4.78 is 0. The number of aliphatic carboxylic acids is 1. The first-order valence-electron chi connectivity index (χ1n) is 5.11. The molecule has 0 radical (unpaired) electrons. The first-order valence-corrected chi connectivity index (χ1v) is 5.11. The molecule has 0 aliphatic rings. The molecule has 1 N–H and O–H groups in total. The predicted octanol–water partition coefficient (Wildman–Crippen LogP) is 3.21. The van der Waals surface area contributed by atoms with E-state index < -0.39 is 5.97 Å². The van der Waals surface area contributed by atoms with Crippen LogP contribution in [0.1, 0.15) is 33.1 Å². The van der Waals surface area contributed by atoms with Crippen LogP contribution in [-0.4, -0.2) is 48.8 Å². The number of hydrogen-bond donors (Lipinski definition) is 1. The van der Waals surface area contributed by atoms with Crippen LogP contribution in [0.4, 0.5) is 0 Å². The molecular weight excluding hydrogens is 228 g/mol. The van der Waals surface area contributed by atoms with Gasteiger partial charge in [-0.3, -0.25) is 4.79 Å². The Morgan fingerprint density at radius 2 is 1.62 bits per heavy atom. The number of carbonyl (C=O) groups is 1. The molecule has 0 spiro atoms. The number of hydrogen-bond acceptors (Lipinski definition) is 1. The van der Waals surface area contributed by atoms with Crippen LogP contribution in [0.15, 0.2) is 30.3 Å². The molecule has 0 aliphatic carbocycles. The van der Waals surface area contributed by atoms with E-state index in [9.17, 15) is 4.79 Å². The van der Waals surface area contributed by atoms with Crippen molar-refractivity contribution in [2.24, 2.45) is 0 Å². The summed E-state index contributed by atoms with van der Waals surface area (Å²) in [5, 5.41) is 7.72. The maximum atomic E-state index is 9.37. The molecule has 0 atom stereocenters. The van der Waals surface area contributed by atoms with Crippen LogP contribution in [0.3, 0.4) is 0 Å². The van der Waals surface area contributed by atoms with Gasteiger partial charge in [-0.2, -0.15) is 42.8 Å². The molecule has 0 amide bonds. The summed E-state index contributed by atoms with van der Waals surface area (Å²) in [6.45, 7) is 7.32. The minimum absolute atomic E-state index is 0. The fourth-order valence-corrected chi connectivity index (χ4v) is 0.342. The summed E-state index contributed by atoms with van der Waals surface area (Å²) in [5.41, 5.74) is 0. The van der Waals surface area contributed by atoms with E-state index in [4.69, 9.17) is 5.11 Å². The van der Waals surface area contributed by atoms with Crippen LogP contribution in [0.2, 0.25) is 0 Å². The molecule has 0 heterocycles. The quantitative estimate of drug-likeness (QED) is 0.644. The fourth-order valence-electron chi connectivity index (χ4n) is 0.342. The third-order valence-corrected chi connectivity index (χ3v) is 1.26. The zero-order valence-corrected chi connectivity index (χ0v) is 12.5. The number of benzene rings is 1. The molecule has 0 fully saturated rings. The van der Waals surface area contributed by atoms with Crippen molar-refractivity contribution in [3.63, 3.8) is 0 Å². The second kappa shape index (κ2) is 20.4. The number of carboxylic acid groups (broad SMARTS) is 1. The molecule has 0 saturated carbocycles. The molecule has 0 bridgehead atoms. The van der Waals surface area contributed by atoms with Crippen molar-refractivity contribution in [1.29, 1.82) is 0 Å². The second-order valence-electron chi connectivity index (χ2n) is 2.68. The average Bonchev–Trinajstić information content (AvgIpc) is 2.32. The van der Waals surface area contributed by atoms with Crippen molar-refractivity contribution in [3.05, 3.63) is 43.3 Å². The van der Waals surface area contributed by atoms with Gasteiger partial charge in [-0.1, -0.05) is 20.3 Å². The van der Waals surface area contributed by atoms with Crippen LogP contribution in [-0.2, 0) is 4.79 Å². The smallest absolute Gasteiger partial charge is 0.481 e. The van der Waals surface area contributed by atoms with Crippen molar-refractivity contribution in [2.45, 2.75) is 33.1 Å². The van der Waals surface area contributed by atoms with E-state index in [1.165, 1.54) is 6.42 Å². The first kappa shape index (κ1) is 21.3. The van der Waals surface area contributed by atoms with Crippen molar-refractivity contribution in [2.75, 3.05) is 0 Å². The number of unbranched alkanes of at least 4 members (excludes halogenated alkanes) is 1. The van der Waals surface area contributed by atoms with Crippen molar-refractivity contribution in [1.82, 2.24) is 0 Å². The van der Waals surface area contributed by atoms with Gasteiger partial charge in [-0.05, 0) is 0 Å². The zero-order valence-electron chi connectivity index (χ0n) is 10.3. The molecule has 1 aromatic carbocycles. The van der Waals surface area contributed by atoms with Gasteiger partial charge in [0.15, 0.2) is 0 Å². The summed E-state index contributed by atoms with van der Waals surface area (Å²) in [4.78, 5) is 9.37. The Kier molecular flexibility index (Phi) is 27.1. The Balaban J connectivity index is -0.000000158. The molecule has 1 aromatic rings. The summed E-state index contributed by atoms with van der Waals surface area (Å²) in [5.74, 6) is -0.745.